The summed E-state index contributed by atoms with van der Waals surface area (Å²) in [6.07, 6.45) is 7.05. The molecule has 1 aromatic heterocycles. The maximum Gasteiger partial charge on any atom is 0.185 e. The van der Waals surface area contributed by atoms with Crippen LogP contribution in [-0.4, -0.2) is 24.1 Å². The van der Waals surface area contributed by atoms with Gasteiger partial charge in [-0.2, -0.15) is 0 Å². The fraction of sp³-hybridized carbons (Fsp3) is 0.824. The fourth-order valence-electron chi connectivity index (χ4n) is 2.92. The second-order valence-electron chi connectivity index (χ2n) is 7.49. The Labute approximate surface area is 134 Å². The first-order chi connectivity index (χ1) is 9.85. The number of aromatic nitrogens is 1. The van der Waals surface area contributed by atoms with Crippen molar-refractivity contribution in [3.05, 3.63) is 10.6 Å². The van der Waals surface area contributed by atoms with Crippen LogP contribution in [0.3, 0.4) is 0 Å². The Kier molecular flexibility index (Phi) is 5.67. The molecule has 21 heavy (non-hydrogen) atoms. The summed E-state index contributed by atoms with van der Waals surface area (Å²) in [6.45, 7) is 10.8. The van der Waals surface area contributed by atoms with Gasteiger partial charge in [-0.05, 0) is 46.5 Å². The number of nitrogens with one attached hydrogen (secondary N) is 1. The summed E-state index contributed by atoms with van der Waals surface area (Å²) >= 11 is 1.85. The number of thiazole rings is 1. The largest absolute Gasteiger partial charge is 0.351 e. The maximum absolute atomic E-state index is 4.78. The molecular weight excluding hydrogens is 278 g/mol. The van der Waals surface area contributed by atoms with Crippen LogP contribution in [0.25, 0.3) is 0 Å². The highest BCUT2D eigenvalue weighted by Crippen LogP contribution is 2.29. The Hall–Kier alpha value is -0.610. The average Bonchev–Trinajstić information content (AvgIpc) is 2.78. The van der Waals surface area contributed by atoms with E-state index in [-0.39, 0.29) is 5.54 Å². The number of nitrogens with zero attached hydrogens (tertiary/aromatic N) is 2. The highest BCUT2D eigenvalue weighted by Gasteiger charge is 2.18. The van der Waals surface area contributed by atoms with Crippen LogP contribution in [0, 0.1) is 12.8 Å². The summed E-state index contributed by atoms with van der Waals surface area (Å²) in [7, 11) is 2.20. The predicted molar refractivity (Wildman–Crippen MR) is 93.3 cm³/mol. The summed E-state index contributed by atoms with van der Waals surface area (Å²) in [5, 5.41) is 4.75. The van der Waals surface area contributed by atoms with Gasteiger partial charge in [0.2, 0.25) is 0 Å². The zero-order chi connectivity index (χ0) is 15.5. The standard InChI is InChI=1S/C17H31N3S/c1-13-15(11-18-17(2,3)4)21-16(19-13)20(5)12-14-9-7-6-8-10-14/h14,18H,6-12H2,1-5H3. The van der Waals surface area contributed by atoms with E-state index >= 15 is 0 Å². The molecule has 4 heteroatoms. The molecule has 0 bridgehead atoms. The van der Waals surface area contributed by atoms with Gasteiger partial charge in [-0.1, -0.05) is 19.3 Å². The van der Waals surface area contributed by atoms with Gasteiger partial charge in [-0.25, -0.2) is 4.98 Å². The second-order valence-corrected chi connectivity index (χ2v) is 8.56. The van der Waals surface area contributed by atoms with E-state index in [1.165, 1.54) is 54.4 Å². The van der Waals surface area contributed by atoms with Crippen molar-refractivity contribution in [1.29, 1.82) is 0 Å². The lowest BCUT2D eigenvalue weighted by atomic mass is 9.89. The van der Waals surface area contributed by atoms with Crippen molar-refractivity contribution in [3.8, 4) is 0 Å². The minimum absolute atomic E-state index is 0.157. The van der Waals surface area contributed by atoms with Gasteiger partial charge in [-0.3, -0.25) is 0 Å². The molecule has 1 saturated carbocycles. The summed E-state index contributed by atoms with van der Waals surface area (Å²) in [4.78, 5) is 8.52. The molecule has 0 spiro atoms. The van der Waals surface area contributed by atoms with E-state index in [9.17, 15) is 0 Å². The Bertz CT molecular complexity index is 441. The van der Waals surface area contributed by atoms with E-state index in [0.717, 1.165) is 12.5 Å². The zero-order valence-corrected chi connectivity index (χ0v) is 15.1. The molecule has 1 aliphatic rings. The lowest BCUT2D eigenvalue weighted by Crippen LogP contribution is -2.34. The lowest BCUT2D eigenvalue weighted by molar-refractivity contribution is 0.362. The van der Waals surface area contributed by atoms with Gasteiger partial charge in [-0.15, -0.1) is 11.3 Å². The quantitative estimate of drug-likeness (QED) is 0.876. The van der Waals surface area contributed by atoms with Crippen LogP contribution in [-0.2, 0) is 6.54 Å². The molecule has 2 rings (SSSR count). The van der Waals surface area contributed by atoms with Gasteiger partial charge in [0.25, 0.3) is 0 Å². The van der Waals surface area contributed by atoms with Crippen LogP contribution in [0.15, 0.2) is 0 Å². The molecule has 120 valence electrons. The Morgan fingerprint density at radius 1 is 1.24 bits per heavy atom. The van der Waals surface area contributed by atoms with Crippen LogP contribution < -0.4 is 10.2 Å². The molecule has 0 unspecified atom stereocenters. The van der Waals surface area contributed by atoms with Crippen LogP contribution in [0.5, 0.6) is 0 Å². The van der Waals surface area contributed by atoms with Gasteiger partial charge in [0, 0.05) is 30.6 Å². The Morgan fingerprint density at radius 3 is 2.52 bits per heavy atom. The minimum atomic E-state index is 0.157. The molecule has 1 N–H and O–H groups in total. The van der Waals surface area contributed by atoms with E-state index in [1.807, 2.05) is 11.3 Å². The minimum Gasteiger partial charge on any atom is -0.351 e. The normalized spacial score (nSPS) is 17.2. The van der Waals surface area contributed by atoms with Gasteiger partial charge in [0.15, 0.2) is 5.13 Å². The summed E-state index contributed by atoms with van der Waals surface area (Å²) < 4.78 is 0. The molecule has 0 saturated heterocycles. The average molecular weight is 310 g/mol. The first-order valence-corrected chi connectivity index (χ1v) is 9.09. The van der Waals surface area contributed by atoms with Crippen molar-refractivity contribution in [3.63, 3.8) is 0 Å². The van der Waals surface area contributed by atoms with Crippen molar-refractivity contribution in [2.75, 3.05) is 18.5 Å². The van der Waals surface area contributed by atoms with Crippen LogP contribution in [0.4, 0.5) is 5.13 Å². The Morgan fingerprint density at radius 2 is 1.90 bits per heavy atom. The summed E-state index contributed by atoms with van der Waals surface area (Å²) in [6, 6.07) is 0. The number of hydrogen-bond donors (Lipinski definition) is 1. The number of aryl methyl sites for hydroxylation is 1. The van der Waals surface area contributed by atoms with E-state index < -0.39 is 0 Å². The van der Waals surface area contributed by atoms with Gasteiger partial charge < -0.3 is 10.2 Å². The lowest BCUT2D eigenvalue weighted by Gasteiger charge is -2.26. The van der Waals surface area contributed by atoms with Gasteiger partial charge >= 0.3 is 0 Å². The van der Waals surface area contributed by atoms with Crippen LogP contribution in [0.1, 0.15) is 63.4 Å². The van der Waals surface area contributed by atoms with Crippen molar-refractivity contribution in [2.24, 2.45) is 5.92 Å². The van der Waals surface area contributed by atoms with Crippen molar-refractivity contribution in [1.82, 2.24) is 10.3 Å². The molecule has 0 radical (unpaired) electrons. The SMILES string of the molecule is Cc1nc(N(C)CC2CCCCC2)sc1CNC(C)(C)C. The molecule has 0 amide bonds. The third-order valence-electron chi connectivity index (χ3n) is 4.24. The number of rotatable bonds is 5. The molecule has 3 nitrogen and oxygen atoms in total. The van der Waals surface area contributed by atoms with Crippen molar-refractivity contribution >= 4 is 16.5 Å². The van der Waals surface area contributed by atoms with E-state index in [0.29, 0.717) is 0 Å². The smallest absolute Gasteiger partial charge is 0.185 e. The fourth-order valence-corrected chi connectivity index (χ4v) is 3.89. The summed E-state index contributed by atoms with van der Waals surface area (Å²) in [5.41, 5.74) is 1.34. The number of anilines is 1. The van der Waals surface area contributed by atoms with E-state index in [1.54, 1.807) is 0 Å². The Balaban J connectivity index is 1.93. The van der Waals surface area contributed by atoms with Gasteiger partial charge in [0.05, 0.1) is 5.69 Å². The highest BCUT2D eigenvalue weighted by molar-refractivity contribution is 7.15. The predicted octanol–water partition coefficient (Wildman–Crippen LogP) is 4.36. The number of hydrogen-bond acceptors (Lipinski definition) is 4. The van der Waals surface area contributed by atoms with E-state index in [4.69, 9.17) is 4.98 Å². The van der Waals surface area contributed by atoms with Crippen molar-refractivity contribution in [2.45, 2.75) is 71.9 Å². The first-order valence-electron chi connectivity index (χ1n) is 8.27. The van der Waals surface area contributed by atoms with Gasteiger partial charge in [0.1, 0.15) is 0 Å². The highest BCUT2D eigenvalue weighted by atomic mass is 32.1. The van der Waals surface area contributed by atoms with E-state index in [2.05, 4.69) is 45.0 Å². The third kappa shape index (κ3) is 5.26. The molecule has 1 heterocycles. The molecule has 0 aliphatic heterocycles. The monoisotopic (exact) mass is 309 g/mol. The maximum atomic E-state index is 4.78. The molecule has 1 fully saturated rings. The van der Waals surface area contributed by atoms with Crippen LogP contribution in [0.2, 0.25) is 0 Å². The summed E-state index contributed by atoms with van der Waals surface area (Å²) in [5.74, 6) is 0.865. The molecule has 1 aliphatic carbocycles. The van der Waals surface area contributed by atoms with Crippen LogP contribution >= 0.6 is 11.3 Å². The molecule has 0 aromatic carbocycles. The molecule has 1 aromatic rings. The topological polar surface area (TPSA) is 28.2 Å². The molecule has 0 atom stereocenters. The van der Waals surface area contributed by atoms with Crippen molar-refractivity contribution < 1.29 is 0 Å². The third-order valence-corrected chi connectivity index (χ3v) is 5.52. The zero-order valence-electron chi connectivity index (χ0n) is 14.3. The molecular formula is C17H31N3S. The second kappa shape index (κ2) is 7.10. The first kappa shape index (κ1) is 16.8.